The molecule has 0 fully saturated rings. The fourth-order valence-electron chi connectivity index (χ4n) is 3.49. The molecule has 0 aliphatic rings. The summed E-state index contributed by atoms with van der Waals surface area (Å²) in [5.41, 5.74) is 0. The van der Waals surface area contributed by atoms with Crippen molar-refractivity contribution < 1.29 is 9.53 Å². The van der Waals surface area contributed by atoms with E-state index >= 15 is 0 Å². The van der Waals surface area contributed by atoms with Gasteiger partial charge in [-0.05, 0) is 31.5 Å². The highest BCUT2D eigenvalue weighted by Gasteiger charge is 2.15. The Balaban J connectivity index is 1.93. The van der Waals surface area contributed by atoms with Gasteiger partial charge in [0.25, 0.3) is 5.91 Å². The second kappa shape index (κ2) is 17.7. The van der Waals surface area contributed by atoms with Crippen molar-refractivity contribution in [3.8, 4) is 5.75 Å². The molecule has 1 N–H and O–H groups in total. The van der Waals surface area contributed by atoms with Crippen LogP contribution in [0.3, 0.4) is 0 Å². The molecule has 1 amide bonds. The molecule has 1 atom stereocenters. The summed E-state index contributed by atoms with van der Waals surface area (Å²) in [6.45, 7) is 4.69. The van der Waals surface area contributed by atoms with E-state index in [1.165, 1.54) is 77.0 Å². The summed E-state index contributed by atoms with van der Waals surface area (Å²) in [5, 5.41) is 3.90. The van der Waals surface area contributed by atoms with Crippen molar-refractivity contribution in [2.24, 2.45) is 0 Å². The Morgan fingerprint density at radius 2 is 1.37 bits per heavy atom. The highest BCUT2D eigenvalue weighted by atomic mass is 35.5. The first kappa shape index (κ1) is 27.1. The Hall–Kier alpha value is -0.930. The maximum Gasteiger partial charge on any atom is 0.260 e. The standard InChI is InChI=1S/C25H41Cl2NO2/c1-3-4-5-6-7-8-9-10-11-12-13-14-15-16-19-28-25(29)21(2)30-24-18-17-22(26)20-23(24)27/h17-18,20-21H,3-16,19H2,1-2H3,(H,28,29). The van der Waals surface area contributed by atoms with E-state index < -0.39 is 6.10 Å². The second-order valence-electron chi connectivity index (χ2n) is 8.22. The number of ether oxygens (including phenoxy) is 1. The van der Waals surface area contributed by atoms with Gasteiger partial charge in [-0.2, -0.15) is 0 Å². The lowest BCUT2D eigenvalue weighted by atomic mass is 10.0. The molecule has 1 aromatic carbocycles. The Morgan fingerprint density at radius 3 is 1.87 bits per heavy atom. The minimum Gasteiger partial charge on any atom is -0.479 e. The summed E-state index contributed by atoms with van der Waals surface area (Å²) >= 11 is 12.0. The zero-order valence-electron chi connectivity index (χ0n) is 19.0. The number of carbonyl (C=O) groups excluding carboxylic acids is 1. The van der Waals surface area contributed by atoms with E-state index in [0.29, 0.717) is 22.3 Å². The van der Waals surface area contributed by atoms with Crippen LogP contribution in [0.4, 0.5) is 0 Å². The third kappa shape index (κ3) is 13.4. The van der Waals surface area contributed by atoms with E-state index in [9.17, 15) is 4.79 Å². The third-order valence-electron chi connectivity index (χ3n) is 5.40. The van der Waals surface area contributed by atoms with Gasteiger partial charge in [-0.3, -0.25) is 4.79 Å². The van der Waals surface area contributed by atoms with Crippen molar-refractivity contribution in [3.05, 3.63) is 28.2 Å². The maximum absolute atomic E-state index is 12.2. The monoisotopic (exact) mass is 457 g/mol. The number of amides is 1. The zero-order chi connectivity index (χ0) is 22.0. The van der Waals surface area contributed by atoms with Gasteiger partial charge in [0, 0.05) is 11.6 Å². The van der Waals surface area contributed by atoms with Crippen LogP contribution in [0.25, 0.3) is 0 Å². The number of nitrogens with one attached hydrogen (secondary N) is 1. The molecule has 0 radical (unpaired) electrons. The smallest absolute Gasteiger partial charge is 0.260 e. The number of unbranched alkanes of at least 4 members (excludes halogenated alkanes) is 13. The Bertz CT molecular complexity index is 580. The predicted octanol–water partition coefficient (Wildman–Crippen LogP) is 8.36. The van der Waals surface area contributed by atoms with Crippen LogP contribution >= 0.6 is 23.2 Å². The van der Waals surface area contributed by atoms with Gasteiger partial charge in [0.05, 0.1) is 5.02 Å². The van der Waals surface area contributed by atoms with Crippen molar-refractivity contribution >= 4 is 29.1 Å². The zero-order valence-corrected chi connectivity index (χ0v) is 20.5. The molecule has 0 aromatic heterocycles. The van der Waals surface area contributed by atoms with Crippen LogP contribution < -0.4 is 10.1 Å². The molecule has 0 heterocycles. The lowest BCUT2D eigenvalue weighted by Gasteiger charge is -2.15. The topological polar surface area (TPSA) is 38.3 Å². The number of hydrogen-bond donors (Lipinski definition) is 1. The SMILES string of the molecule is CCCCCCCCCCCCCCCCNC(=O)C(C)Oc1ccc(Cl)cc1Cl. The van der Waals surface area contributed by atoms with Crippen molar-refractivity contribution in [2.75, 3.05) is 6.54 Å². The van der Waals surface area contributed by atoms with Crippen LogP contribution in [-0.2, 0) is 4.79 Å². The molecule has 1 rings (SSSR count). The number of hydrogen-bond acceptors (Lipinski definition) is 2. The molecule has 0 saturated heterocycles. The average Bonchev–Trinajstić information content (AvgIpc) is 2.72. The summed E-state index contributed by atoms with van der Waals surface area (Å²) in [6.07, 6.45) is 18.0. The fraction of sp³-hybridized carbons (Fsp3) is 0.720. The molecule has 0 bridgehead atoms. The quantitative estimate of drug-likeness (QED) is 0.224. The minimum atomic E-state index is -0.588. The second-order valence-corrected chi connectivity index (χ2v) is 9.07. The highest BCUT2D eigenvalue weighted by molar-refractivity contribution is 6.35. The Labute approximate surface area is 194 Å². The minimum absolute atomic E-state index is 0.115. The van der Waals surface area contributed by atoms with Crippen LogP contribution in [0.2, 0.25) is 10.0 Å². The molecule has 1 unspecified atom stereocenters. The molecular formula is C25H41Cl2NO2. The summed E-state index contributed by atoms with van der Waals surface area (Å²) in [7, 11) is 0. The van der Waals surface area contributed by atoms with Gasteiger partial charge >= 0.3 is 0 Å². The van der Waals surface area contributed by atoms with Gasteiger partial charge in [-0.15, -0.1) is 0 Å². The van der Waals surface area contributed by atoms with E-state index in [1.54, 1.807) is 25.1 Å². The molecule has 3 nitrogen and oxygen atoms in total. The number of benzene rings is 1. The highest BCUT2D eigenvalue weighted by Crippen LogP contribution is 2.28. The van der Waals surface area contributed by atoms with Gasteiger partial charge in [-0.1, -0.05) is 114 Å². The first-order valence-corrected chi connectivity index (χ1v) is 12.7. The first-order valence-electron chi connectivity index (χ1n) is 11.9. The van der Waals surface area contributed by atoms with Crippen LogP contribution in [0.1, 0.15) is 104 Å². The van der Waals surface area contributed by atoms with E-state index in [1.807, 2.05) is 0 Å². The Kier molecular flexibility index (Phi) is 16.0. The summed E-state index contributed by atoms with van der Waals surface area (Å²) in [6, 6.07) is 4.99. The summed E-state index contributed by atoms with van der Waals surface area (Å²) < 4.78 is 5.63. The van der Waals surface area contributed by atoms with E-state index in [-0.39, 0.29) is 5.91 Å². The van der Waals surface area contributed by atoms with E-state index in [4.69, 9.17) is 27.9 Å². The normalized spacial score (nSPS) is 12.0. The largest absolute Gasteiger partial charge is 0.479 e. The maximum atomic E-state index is 12.2. The Morgan fingerprint density at radius 1 is 0.867 bits per heavy atom. The van der Waals surface area contributed by atoms with Gasteiger partial charge < -0.3 is 10.1 Å². The van der Waals surface area contributed by atoms with Crippen molar-refractivity contribution in [3.63, 3.8) is 0 Å². The molecule has 0 saturated carbocycles. The van der Waals surface area contributed by atoms with Crippen molar-refractivity contribution in [1.29, 1.82) is 0 Å². The average molecular weight is 459 g/mol. The molecule has 0 aliphatic heterocycles. The molecule has 1 aromatic rings. The van der Waals surface area contributed by atoms with Crippen LogP contribution in [0.5, 0.6) is 5.75 Å². The van der Waals surface area contributed by atoms with Gasteiger partial charge in [0.2, 0.25) is 0 Å². The summed E-state index contributed by atoms with van der Waals surface area (Å²) in [4.78, 5) is 12.2. The fourth-order valence-corrected chi connectivity index (χ4v) is 3.94. The van der Waals surface area contributed by atoms with Crippen molar-refractivity contribution in [2.45, 2.75) is 110 Å². The van der Waals surface area contributed by atoms with Gasteiger partial charge in [0.15, 0.2) is 6.10 Å². The molecule has 5 heteroatoms. The molecule has 0 aliphatic carbocycles. The van der Waals surface area contributed by atoms with Crippen molar-refractivity contribution in [1.82, 2.24) is 5.32 Å². The third-order valence-corrected chi connectivity index (χ3v) is 5.93. The number of carbonyl (C=O) groups is 1. The van der Waals surface area contributed by atoms with Crippen LogP contribution in [0.15, 0.2) is 18.2 Å². The molecule has 172 valence electrons. The van der Waals surface area contributed by atoms with E-state index in [0.717, 1.165) is 12.8 Å². The lowest BCUT2D eigenvalue weighted by Crippen LogP contribution is -2.36. The first-order chi connectivity index (χ1) is 14.5. The number of rotatable bonds is 18. The molecular weight excluding hydrogens is 417 g/mol. The van der Waals surface area contributed by atoms with E-state index in [2.05, 4.69) is 12.2 Å². The van der Waals surface area contributed by atoms with Gasteiger partial charge in [0.1, 0.15) is 5.75 Å². The predicted molar refractivity (Wildman–Crippen MR) is 130 cm³/mol. The van der Waals surface area contributed by atoms with Gasteiger partial charge in [-0.25, -0.2) is 0 Å². The lowest BCUT2D eigenvalue weighted by molar-refractivity contribution is -0.127. The van der Waals surface area contributed by atoms with Crippen LogP contribution in [0, 0.1) is 0 Å². The molecule has 30 heavy (non-hydrogen) atoms. The number of halogens is 2. The summed E-state index contributed by atoms with van der Waals surface area (Å²) in [5.74, 6) is 0.357. The molecule has 0 spiro atoms. The van der Waals surface area contributed by atoms with Crippen LogP contribution in [-0.4, -0.2) is 18.6 Å².